The van der Waals surface area contributed by atoms with E-state index in [2.05, 4.69) is 12.1 Å². The minimum atomic E-state index is 0.585. The molecule has 2 nitrogen and oxygen atoms in total. The Balaban J connectivity index is 2.75. The van der Waals surface area contributed by atoms with Crippen molar-refractivity contribution in [2.45, 2.75) is 13.5 Å². The van der Waals surface area contributed by atoms with Crippen LogP contribution < -0.4 is 5.73 Å². The first kappa shape index (κ1) is 7.37. The summed E-state index contributed by atoms with van der Waals surface area (Å²) in [6.45, 7) is 2.62. The van der Waals surface area contributed by atoms with Crippen molar-refractivity contribution in [2.24, 2.45) is 5.73 Å². The fourth-order valence-electron chi connectivity index (χ4n) is 1.46. The Bertz CT molecular complexity index is 403. The molecule has 62 valence electrons. The van der Waals surface area contributed by atoms with Crippen LogP contribution >= 0.6 is 0 Å². The number of benzene rings is 1. The summed E-state index contributed by atoms with van der Waals surface area (Å²) in [6, 6.07) is 6.08. The van der Waals surface area contributed by atoms with Crippen LogP contribution in [-0.2, 0) is 6.54 Å². The van der Waals surface area contributed by atoms with Gasteiger partial charge in [0.1, 0.15) is 5.58 Å². The molecule has 0 unspecified atom stereocenters. The quantitative estimate of drug-likeness (QED) is 0.696. The molecule has 0 aliphatic rings. The lowest BCUT2D eigenvalue weighted by atomic mass is 10.1. The predicted molar refractivity (Wildman–Crippen MR) is 48.8 cm³/mol. The maximum Gasteiger partial charge on any atom is 0.136 e. The van der Waals surface area contributed by atoms with Crippen LogP contribution in [0.2, 0.25) is 0 Å². The van der Waals surface area contributed by atoms with Crippen molar-refractivity contribution in [2.75, 3.05) is 0 Å². The standard InChI is InChI=1S/C10H11NO/c1-7-4-8(6-11)5-9-2-3-12-10(7)9/h2-5H,6,11H2,1H3. The van der Waals surface area contributed by atoms with Crippen LogP contribution in [0.5, 0.6) is 0 Å². The van der Waals surface area contributed by atoms with E-state index in [9.17, 15) is 0 Å². The lowest BCUT2D eigenvalue weighted by molar-refractivity contribution is 0.613. The molecule has 0 spiro atoms. The van der Waals surface area contributed by atoms with Crippen molar-refractivity contribution in [3.63, 3.8) is 0 Å². The number of fused-ring (bicyclic) bond motifs is 1. The van der Waals surface area contributed by atoms with E-state index < -0.39 is 0 Å². The summed E-state index contributed by atoms with van der Waals surface area (Å²) >= 11 is 0. The van der Waals surface area contributed by atoms with Crippen molar-refractivity contribution in [3.05, 3.63) is 35.6 Å². The summed E-state index contributed by atoms with van der Waals surface area (Å²) in [6.07, 6.45) is 1.71. The highest BCUT2D eigenvalue weighted by Gasteiger charge is 2.01. The van der Waals surface area contributed by atoms with E-state index in [-0.39, 0.29) is 0 Å². The zero-order valence-corrected chi connectivity index (χ0v) is 7.00. The zero-order valence-electron chi connectivity index (χ0n) is 7.00. The summed E-state index contributed by atoms with van der Waals surface area (Å²) < 4.78 is 5.31. The van der Waals surface area contributed by atoms with E-state index in [0.717, 1.165) is 22.1 Å². The van der Waals surface area contributed by atoms with Gasteiger partial charge in [0.25, 0.3) is 0 Å². The molecule has 12 heavy (non-hydrogen) atoms. The van der Waals surface area contributed by atoms with E-state index in [0.29, 0.717) is 6.54 Å². The van der Waals surface area contributed by atoms with Gasteiger partial charge in [-0.25, -0.2) is 0 Å². The summed E-state index contributed by atoms with van der Waals surface area (Å²) in [7, 11) is 0. The van der Waals surface area contributed by atoms with Gasteiger partial charge in [0.05, 0.1) is 6.26 Å². The molecule has 0 radical (unpaired) electrons. The van der Waals surface area contributed by atoms with Gasteiger partial charge in [0.2, 0.25) is 0 Å². The fourth-order valence-corrected chi connectivity index (χ4v) is 1.46. The Morgan fingerprint density at radius 1 is 1.42 bits per heavy atom. The van der Waals surface area contributed by atoms with Crippen LogP contribution in [-0.4, -0.2) is 0 Å². The second-order valence-corrected chi connectivity index (χ2v) is 2.96. The number of rotatable bonds is 1. The zero-order chi connectivity index (χ0) is 8.55. The molecule has 0 amide bonds. The molecule has 2 N–H and O–H groups in total. The highest BCUT2D eigenvalue weighted by molar-refractivity contribution is 5.80. The molecule has 0 fully saturated rings. The van der Waals surface area contributed by atoms with Gasteiger partial charge in [-0.15, -0.1) is 0 Å². The summed E-state index contributed by atoms with van der Waals surface area (Å²) in [5, 5.41) is 1.13. The third-order valence-electron chi connectivity index (χ3n) is 2.03. The first-order valence-electron chi connectivity index (χ1n) is 3.98. The van der Waals surface area contributed by atoms with Gasteiger partial charge in [-0.05, 0) is 30.2 Å². The molecule has 2 aromatic rings. The topological polar surface area (TPSA) is 39.2 Å². The van der Waals surface area contributed by atoms with Crippen molar-refractivity contribution < 1.29 is 4.42 Å². The molecular weight excluding hydrogens is 150 g/mol. The van der Waals surface area contributed by atoms with E-state index in [1.807, 2.05) is 13.0 Å². The van der Waals surface area contributed by atoms with Gasteiger partial charge in [-0.2, -0.15) is 0 Å². The minimum Gasteiger partial charge on any atom is -0.464 e. The Morgan fingerprint density at radius 2 is 2.25 bits per heavy atom. The second-order valence-electron chi connectivity index (χ2n) is 2.96. The number of hydrogen-bond acceptors (Lipinski definition) is 2. The van der Waals surface area contributed by atoms with E-state index in [1.165, 1.54) is 0 Å². The minimum absolute atomic E-state index is 0.585. The lowest BCUT2D eigenvalue weighted by Crippen LogP contribution is -1.96. The van der Waals surface area contributed by atoms with Gasteiger partial charge < -0.3 is 10.2 Å². The van der Waals surface area contributed by atoms with Gasteiger partial charge >= 0.3 is 0 Å². The van der Waals surface area contributed by atoms with E-state index in [1.54, 1.807) is 6.26 Å². The Kier molecular flexibility index (Phi) is 1.62. The van der Waals surface area contributed by atoms with Crippen LogP contribution in [0.3, 0.4) is 0 Å². The van der Waals surface area contributed by atoms with Crippen molar-refractivity contribution in [1.82, 2.24) is 0 Å². The van der Waals surface area contributed by atoms with Gasteiger partial charge in [-0.3, -0.25) is 0 Å². The van der Waals surface area contributed by atoms with Crippen LogP contribution in [0.4, 0.5) is 0 Å². The molecule has 0 aliphatic carbocycles. The normalized spacial score (nSPS) is 10.8. The number of aryl methyl sites for hydroxylation is 1. The Morgan fingerprint density at radius 3 is 3.00 bits per heavy atom. The largest absolute Gasteiger partial charge is 0.464 e. The molecule has 1 heterocycles. The third kappa shape index (κ3) is 1.01. The summed E-state index contributed by atoms with van der Waals surface area (Å²) in [4.78, 5) is 0. The monoisotopic (exact) mass is 161 g/mol. The van der Waals surface area contributed by atoms with E-state index >= 15 is 0 Å². The molecular formula is C10H11NO. The van der Waals surface area contributed by atoms with Gasteiger partial charge in [0, 0.05) is 11.9 Å². The van der Waals surface area contributed by atoms with E-state index in [4.69, 9.17) is 10.2 Å². The molecule has 0 atom stereocenters. The van der Waals surface area contributed by atoms with Gasteiger partial charge in [0.15, 0.2) is 0 Å². The van der Waals surface area contributed by atoms with Crippen molar-refractivity contribution in [3.8, 4) is 0 Å². The highest BCUT2D eigenvalue weighted by atomic mass is 16.3. The maximum atomic E-state index is 5.55. The molecule has 0 bridgehead atoms. The van der Waals surface area contributed by atoms with Crippen LogP contribution in [0.25, 0.3) is 11.0 Å². The Labute approximate surface area is 71.0 Å². The molecule has 0 aliphatic heterocycles. The highest BCUT2D eigenvalue weighted by Crippen LogP contribution is 2.21. The van der Waals surface area contributed by atoms with Crippen molar-refractivity contribution >= 4 is 11.0 Å². The average molecular weight is 161 g/mol. The van der Waals surface area contributed by atoms with Crippen LogP contribution in [0.1, 0.15) is 11.1 Å². The van der Waals surface area contributed by atoms with Crippen LogP contribution in [0.15, 0.2) is 28.9 Å². The second kappa shape index (κ2) is 2.64. The number of hydrogen-bond donors (Lipinski definition) is 1. The molecule has 1 aromatic heterocycles. The first-order chi connectivity index (χ1) is 5.81. The molecule has 2 rings (SSSR count). The SMILES string of the molecule is Cc1cc(CN)cc2ccoc12. The summed E-state index contributed by atoms with van der Waals surface area (Å²) in [5.41, 5.74) is 8.82. The third-order valence-corrected chi connectivity index (χ3v) is 2.03. The maximum absolute atomic E-state index is 5.55. The predicted octanol–water partition coefficient (Wildman–Crippen LogP) is 2.20. The first-order valence-corrected chi connectivity index (χ1v) is 3.98. The molecule has 1 aromatic carbocycles. The molecule has 2 heteroatoms. The Hall–Kier alpha value is -1.28. The fraction of sp³-hybridized carbons (Fsp3) is 0.200. The van der Waals surface area contributed by atoms with Gasteiger partial charge in [-0.1, -0.05) is 6.07 Å². The summed E-state index contributed by atoms with van der Waals surface area (Å²) in [5.74, 6) is 0. The smallest absolute Gasteiger partial charge is 0.136 e. The molecule has 0 saturated heterocycles. The van der Waals surface area contributed by atoms with Crippen LogP contribution in [0, 0.1) is 6.92 Å². The van der Waals surface area contributed by atoms with Crippen molar-refractivity contribution in [1.29, 1.82) is 0 Å². The lowest BCUT2D eigenvalue weighted by Gasteiger charge is -1.99. The molecule has 0 saturated carbocycles. The number of furan rings is 1. The average Bonchev–Trinajstić information content (AvgIpc) is 2.52. The number of nitrogens with two attached hydrogens (primary N) is 1.